The number of ether oxygens (including phenoxy) is 2. The van der Waals surface area contributed by atoms with Crippen LogP contribution in [-0.2, 0) is 23.9 Å². The lowest BCUT2D eigenvalue weighted by atomic mass is 9.80. The van der Waals surface area contributed by atoms with E-state index in [0.29, 0.717) is 51.6 Å². The van der Waals surface area contributed by atoms with Gasteiger partial charge in [0.1, 0.15) is 5.78 Å². The van der Waals surface area contributed by atoms with Crippen LogP contribution in [0, 0.1) is 11.8 Å². The quantitative estimate of drug-likeness (QED) is 0.395. The van der Waals surface area contributed by atoms with E-state index in [1.165, 1.54) is 0 Å². The number of hydrogen-bond donors (Lipinski definition) is 1. The molecule has 180 valence electrons. The maximum absolute atomic E-state index is 12.1. The summed E-state index contributed by atoms with van der Waals surface area (Å²) < 4.78 is 11.1. The van der Waals surface area contributed by atoms with Gasteiger partial charge in [-0.15, -0.1) is 0 Å². The normalized spacial score (nSPS) is 18.9. The fourth-order valence-corrected chi connectivity index (χ4v) is 3.97. The smallest absolute Gasteiger partial charge is 0.222 e. The first-order valence-corrected chi connectivity index (χ1v) is 12.0. The maximum atomic E-state index is 12.1. The van der Waals surface area contributed by atoms with E-state index in [4.69, 9.17) is 9.47 Å². The second-order valence-electron chi connectivity index (χ2n) is 9.08. The van der Waals surface area contributed by atoms with Crippen LogP contribution in [0.5, 0.6) is 0 Å². The Morgan fingerprint density at radius 1 is 0.903 bits per heavy atom. The van der Waals surface area contributed by atoms with Crippen molar-refractivity contribution in [2.24, 2.45) is 11.8 Å². The predicted molar refractivity (Wildman–Crippen MR) is 122 cm³/mol. The average molecular weight is 441 g/mol. The van der Waals surface area contributed by atoms with Crippen LogP contribution in [0.4, 0.5) is 0 Å². The van der Waals surface area contributed by atoms with E-state index in [-0.39, 0.29) is 35.7 Å². The lowest BCUT2D eigenvalue weighted by Crippen LogP contribution is -2.39. The highest BCUT2D eigenvalue weighted by Crippen LogP contribution is 2.27. The van der Waals surface area contributed by atoms with Crippen LogP contribution in [0.3, 0.4) is 0 Å². The fraction of sp³-hybridized carbons (Fsp3) is 0.875. The zero-order valence-corrected chi connectivity index (χ0v) is 20.3. The molecule has 0 spiro atoms. The van der Waals surface area contributed by atoms with Crippen molar-refractivity contribution >= 4 is 17.6 Å². The van der Waals surface area contributed by atoms with E-state index in [2.05, 4.69) is 5.32 Å². The molecule has 0 aliphatic heterocycles. The molecule has 0 saturated heterocycles. The van der Waals surface area contributed by atoms with Crippen molar-refractivity contribution in [2.45, 2.75) is 91.6 Å². The number of carbonyl (C=O) groups is 3. The Labute approximate surface area is 188 Å². The fourth-order valence-electron chi connectivity index (χ4n) is 3.97. The summed E-state index contributed by atoms with van der Waals surface area (Å²) in [6.45, 7) is 12.3. The highest BCUT2D eigenvalue weighted by molar-refractivity contribution is 5.83. The summed E-state index contributed by atoms with van der Waals surface area (Å²) in [7, 11) is 0. The third-order valence-electron chi connectivity index (χ3n) is 5.79. The number of carbonyl (C=O) groups excluding carboxylic acids is 3. The van der Waals surface area contributed by atoms with Crippen LogP contribution >= 0.6 is 0 Å². The molecule has 0 aromatic carbocycles. The summed E-state index contributed by atoms with van der Waals surface area (Å²) in [5.41, 5.74) is 0. The summed E-state index contributed by atoms with van der Waals surface area (Å²) in [6.07, 6.45) is 5.24. The molecule has 7 nitrogen and oxygen atoms in total. The molecule has 0 aromatic rings. The van der Waals surface area contributed by atoms with Crippen molar-refractivity contribution < 1.29 is 23.9 Å². The summed E-state index contributed by atoms with van der Waals surface area (Å²) in [5, 5.41) is 3.06. The molecule has 1 N–H and O–H groups in total. The first kappa shape index (κ1) is 27.6. The Hall–Kier alpha value is -1.47. The van der Waals surface area contributed by atoms with Crippen LogP contribution in [0.1, 0.15) is 79.6 Å². The summed E-state index contributed by atoms with van der Waals surface area (Å²) in [6, 6.07) is 0.342. The van der Waals surface area contributed by atoms with Gasteiger partial charge in [0.05, 0.1) is 26.4 Å². The minimum Gasteiger partial charge on any atom is -0.379 e. The largest absolute Gasteiger partial charge is 0.379 e. The molecular weight excluding hydrogens is 396 g/mol. The van der Waals surface area contributed by atoms with Gasteiger partial charge in [-0.1, -0.05) is 20.8 Å². The molecule has 1 fully saturated rings. The molecule has 0 atom stereocenters. The first-order valence-electron chi connectivity index (χ1n) is 12.0. The SMILES string of the molecule is CCCC(=O)N(CCOCCOCCC(=O)NC1CCC(C(=O)C(C)C)CC1)C(C)C. The summed E-state index contributed by atoms with van der Waals surface area (Å²) >= 11 is 0. The lowest BCUT2D eigenvalue weighted by Gasteiger charge is -2.29. The Morgan fingerprint density at radius 3 is 2.06 bits per heavy atom. The maximum Gasteiger partial charge on any atom is 0.222 e. The number of amides is 2. The van der Waals surface area contributed by atoms with Crippen molar-refractivity contribution in [3.8, 4) is 0 Å². The van der Waals surface area contributed by atoms with Crippen molar-refractivity contribution in [3.05, 3.63) is 0 Å². The zero-order valence-electron chi connectivity index (χ0n) is 20.3. The summed E-state index contributed by atoms with van der Waals surface area (Å²) in [4.78, 5) is 38.1. The molecule has 0 radical (unpaired) electrons. The third-order valence-corrected chi connectivity index (χ3v) is 5.79. The van der Waals surface area contributed by atoms with Gasteiger partial charge in [0.15, 0.2) is 0 Å². The van der Waals surface area contributed by atoms with Crippen LogP contribution in [0.2, 0.25) is 0 Å². The molecule has 7 heteroatoms. The molecule has 1 aliphatic carbocycles. The average Bonchev–Trinajstić information content (AvgIpc) is 2.72. The van der Waals surface area contributed by atoms with Gasteiger partial charge in [0.25, 0.3) is 0 Å². The second kappa shape index (κ2) is 15.4. The van der Waals surface area contributed by atoms with E-state index in [0.717, 1.165) is 32.1 Å². The number of rotatable bonds is 15. The summed E-state index contributed by atoms with van der Waals surface area (Å²) in [5.74, 6) is 0.777. The van der Waals surface area contributed by atoms with Gasteiger partial charge in [0, 0.05) is 43.3 Å². The van der Waals surface area contributed by atoms with Crippen molar-refractivity contribution in [2.75, 3.05) is 33.0 Å². The number of hydrogen-bond acceptors (Lipinski definition) is 5. The zero-order chi connectivity index (χ0) is 23.2. The van der Waals surface area contributed by atoms with Gasteiger partial charge in [-0.25, -0.2) is 0 Å². The van der Waals surface area contributed by atoms with Gasteiger partial charge >= 0.3 is 0 Å². The number of nitrogens with zero attached hydrogens (tertiary/aromatic N) is 1. The van der Waals surface area contributed by atoms with Gasteiger partial charge in [-0.2, -0.15) is 0 Å². The number of Topliss-reactive ketones (excluding diaryl/α,β-unsaturated/α-hetero) is 1. The van der Waals surface area contributed by atoms with Crippen LogP contribution in [-0.4, -0.2) is 67.6 Å². The van der Waals surface area contributed by atoms with Crippen molar-refractivity contribution in [3.63, 3.8) is 0 Å². The van der Waals surface area contributed by atoms with E-state index >= 15 is 0 Å². The number of ketones is 1. The molecule has 1 rings (SSSR count). The van der Waals surface area contributed by atoms with E-state index in [9.17, 15) is 14.4 Å². The van der Waals surface area contributed by atoms with Crippen LogP contribution in [0.25, 0.3) is 0 Å². The highest BCUT2D eigenvalue weighted by Gasteiger charge is 2.28. The Bertz CT molecular complexity index is 542. The second-order valence-corrected chi connectivity index (χ2v) is 9.08. The molecule has 2 amide bonds. The van der Waals surface area contributed by atoms with Gasteiger partial charge in [-0.05, 0) is 46.0 Å². The number of nitrogens with one attached hydrogen (secondary N) is 1. The lowest BCUT2D eigenvalue weighted by molar-refractivity contribution is -0.133. The van der Waals surface area contributed by atoms with Gasteiger partial charge < -0.3 is 19.7 Å². The molecule has 0 unspecified atom stereocenters. The topological polar surface area (TPSA) is 84.9 Å². The molecule has 0 bridgehead atoms. The molecule has 0 aromatic heterocycles. The standard InChI is InChI=1S/C24H44N2O5/c1-6-7-23(28)26(19(4)5)13-15-31-17-16-30-14-12-22(27)25-21-10-8-20(9-11-21)24(29)18(2)3/h18-21H,6-17H2,1-5H3,(H,25,27). The minimum absolute atomic E-state index is 0.00145. The Kier molecular flexibility index (Phi) is 13.7. The monoisotopic (exact) mass is 440 g/mol. The molecular formula is C24H44N2O5. The van der Waals surface area contributed by atoms with E-state index in [1.807, 2.05) is 39.5 Å². The van der Waals surface area contributed by atoms with E-state index < -0.39 is 0 Å². The highest BCUT2D eigenvalue weighted by atomic mass is 16.5. The Balaban J connectivity index is 2.06. The molecule has 1 aliphatic rings. The molecule has 31 heavy (non-hydrogen) atoms. The van der Waals surface area contributed by atoms with Gasteiger partial charge in [0.2, 0.25) is 11.8 Å². The third kappa shape index (κ3) is 11.1. The van der Waals surface area contributed by atoms with Crippen LogP contribution in [0.15, 0.2) is 0 Å². The van der Waals surface area contributed by atoms with E-state index in [1.54, 1.807) is 0 Å². The Morgan fingerprint density at radius 2 is 1.52 bits per heavy atom. The van der Waals surface area contributed by atoms with Crippen molar-refractivity contribution in [1.29, 1.82) is 0 Å². The van der Waals surface area contributed by atoms with Crippen molar-refractivity contribution in [1.82, 2.24) is 10.2 Å². The predicted octanol–water partition coefficient (Wildman–Crippen LogP) is 3.35. The first-order chi connectivity index (χ1) is 14.8. The van der Waals surface area contributed by atoms with Gasteiger partial charge in [-0.3, -0.25) is 14.4 Å². The molecule has 1 saturated carbocycles. The minimum atomic E-state index is 0.00145. The molecule has 0 heterocycles. The van der Waals surface area contributed by atoms with Crippen LogP contribution < -0.4 is 5.32 Å².